The first kappa shape index (κ1) is 19.6. The van der Waals surface area contributed by atoms with Crippen LogP contribution in [-0.2, 0) is 19.0 Å². The number of hydrogen-bond acceptors (Lipinski definition) is 7. The Morgan fingerprint density at radius 2 is 1.96 bits per heavy atom. The first-order valence-corrected chi connectivity index (χ1v) is 8.54. The van der Waals surface area contributed by atoms with Crippen molar-refractivity contribution in [2.24, 2.45) is 0 Å². The lowest BCUT2D eigenvalue weighted by molar-refractivity contribution is -0.310. The first-order valence-electron chi connectivity index (χ1n) is 8.54. The van der Waals surface area contributed by atoms with Crippen molar-refractivity contribution in [1.82, 2.24) is 0 Å². The highest BCUT2D eigenvalue weighted by atomic mass is 16.7. The summed E-state index contributed by atoms with van der Waals surface area (Å²) in [7, 11) is 0. The van der Waals surface area contributed by atoms with Gasteiger partial charge in [0, 0.05) is 6.42 Å². The molecule has 0 aromatic rings. The summed E-state index contributed by atoms with van der Waals surface area (Å²) in [4.78, 5) is 11.8. The van der Waals surface area contributed by atoms with Crippen molar-refractivity contribution in [2.75, 3.05) is 6.61 Å². The largest absolute Gasteiger partial charge is 0.464 e. The molecule has 24 heavy (non-hydrogen) atoms. The number of carbonyl (C=O) groups excluding carboxylic acids is 1. The van der Waals surface area contributed by atoms with E-state index < -0.39 is 40.8 Å². The zero-order chi connectivity index (χ0) is 18.4. The zero-order valence-corrected chi connectivity index (χ0v) is 15.2. The number of aliphatic hydroxyl groups is 3. The van der Waals surface area contributed by atoms with E-state index in [0.29, 0.717) is 19.3 Å². The van der Waals surface area contributed by atoms with Gasteiger partial charge in [-0.25, -0.2) is 4.79 Å². The van der Waals surface area contributed by atoms with Crippen molar-refractivity contribution < 1.29 is 34.3 Å². The van der Waals surface area contributed by atoms with Gasteiger partial charge in [-0.1, -0.05) is 0 Å². The van der Waals surface area contributed by atoms with Crippen molar-refractivity contribution in [3.8, 4) is 0 Å². The van der Waals surface area contributed by atoms with E-state index in [1.807, 2.05) is 6.92 Å². The summed E-state index contributed by atoms with van der Waals surface area (Å²) in [6.07, 6.45) is 0.0556. The molecule has 2 aliphatic heterocycles. The molecule has 5 atom stereocenters. The third-order valence-corrected chi connectivity index (χ3v) is 5.40. The lowest BCUT2D eigenvalue weighted by Gasteiger charge is -2.39. The number of hydrogen-bond donors (Lipinski definition) is 3. The maximum Gasteiger partial charge on any atom is 0.337 e. The Morgan fingerprint density at radius 1 is 1.33 bits per heavy atom. The number of carbonyl (C=O) groups is 1. The molecule has 0 aromatic carbocycles. The summed E-state index contributed by atoms with van der Waals surface area (Å²) in [6, 6.07) is 0. The van der Waals surface area contributed by atoms with E-state index in [-0.39, 0.29) is 13.0 Å². The van der Waals surface area contributed by atoms with Crippen LogP contribution in [0.25, 0.3) is 0 Å². The summed E-state index contributed by atoms with van der Waals surface area (Å²) in [5, 5.41) is 31.0. The van der Waals surface area contributed by atoms with E-state index in [2.05, 4.69) is 0 Å². The molecule has 0 amide bonds. The standard InChI is InChI=1S/C17H30O7/c1-6-22-13(19)12(18)16(5)8-7-11(23-16)15(4)9-10-17(21,24-15)14(2,3)20/h11-12,18,20-21H,6-10H2,1-5H3/t11-,12+,15-,16+,17?/m1/s1. The Labute approximate surface area is 142 Å². The lowest BCUT2D eigenvalue weighted by Crippen LogP contribution is -2.53. The molecule has 0 aliphatic carbocycles. The molecule has 0 radical (unpaired) electrons. The number of aliphatic hydroxyl groups excluding tert-OH is 1. The summed E-state index contributed by atoms with van der Waals surface area (Å²) < 4.78 is 16.7. The smallest absolute Gasteiger partial charge is 0.337 e. The van der Waals surface area contributed by atoms with Crippen LogP contribution >= 0.6 is 0 Å². The van der Waals surface area contributed by atoms with Crippen LogP contribution in [0.2, 0.25) is 0 Å². The molecular weight excluding hydrogens is 316 g/mol. The van der Waals surface area contributed by atoms with Gasteiger partial charge in [-0.3, -0.25) is 0 Å². The third-order valence-electron chi connectivity index (χ3n) is 5.40. The first-order chi connectivity index (χ1) is 10.9. The maximum atomic E-state index is 11.8. The van der Waals surface area contributed by atoms with Gasteiger partial charge < -0.3 is 29.5 Å². The summed E-state index contributed by atoms with van der Waals surface area (Å²) in [5.41, 5.74) is -3.27. The summed E-state index contributed by atoms with van der Waals surface area (Å²) >= 11 is 0. The topological polar surface area (TPSA) is 105 Å². The van der Waals surface area contributed by atoms with Gasteiger partial charge in [-0.2, -0.15) is 0 Å². The second kappa shape index (κ2) is 6.21. The molecular formula is C17H30O7. The Balaban J connectivity index is 2.09. The average Bonchev–Trinajstić information content (AvgIpc) is 3.02. The number of ether oxygens (including phenoxy) is 3. The fourth-order valence-electron chi connectivity index (χ4n) is 3.53. The van der Waals surface area contributed by atoms with Gasteiger partial charge in [0.15, 0.2) is 11.9 Å². The molecule has 7 nitrogen and oxygen atoms in total. The highest BCUT2D eigenvalue weighted by molar-refractivity contribution is 5.76. The SMILES string of the molecule is CCOC(=O)[C@H](O)[C@]1(C)CC[C@H]([C@@]2(C)CCC(O)(C(C)(C)O)O2)O1. The molecule has 0 spiro atoms. The molecule has 2 heterocycles. The third kappa shape index (κ3) is 3.32. The summed E-state index contributed by atoms with van der Waals surface area (Å²) in [5.74, 6) is -2.35. The van der Waals surface area contributed by atoms with Crippen molar-refractivity contribution in [3.05, 3.63) is 0 Å². The fourth-order valence-corrected chi connectivity index (χ4v) is 3.53. The molecule has 2 fully saturated rings. The Kier molecular flexibility index (Phi) is 5.07. The van der Waals surface area contributed by atoms with Crippen molar-refractivity contribution in [2.45, 2.75) is 95.1 Å². The monoisotopic (exact) mass is 346 g/mol. The molecule has 140 valence electrons. The van der Waals surface area contributed by atoms with Crippen LogP contribution in [0.5, 0.6) is 0 Å². The molecule has 2 rings (SSSR count). The van der Waals surface area contributed by atoms with Crippen molar-refractivity contribution in [3.63, 3.8) is 0 Å². The van der Waals surface area contributed by atoms with E-state index in [1.54, 1.807) is 13.8 Å². The molecule has 2 saturated heterocycles. The Bertz CT molecular complexity index is 488. The zero-order valence-electron chi connectivity index (χ0n) is 15.2. The van der Waals surface area contributed by atoms with Gasteiger partial charge in [-0.05, 0) is 53.9 Å². The van der Waals surface area contributed by atoms with Crippen molar-refractivity contribution in [1.29, 1.82) is 0 Å². The van der Waals surface area contributed by atoms with Gasteiger partial charge in [0.05, 0.1) is 18.3 Å². The minimum Gasteiger partial charge on any atom is -0.464 e. The van der Waals surface area contributed by atoms with Crippen LogP contribution in [0.3, 0.4) is 0 Å². The number of rotatable bonds is 5. The highest BCUT2D eigenvalue weighted by Crippen LogP contribution is 2.49. The predicted octanol–water partition coefficient (Wildman–Crippen LogP) is 0.877. The van der Waals surface area contributed by atoms with E-state index in [9.17, 15) is 20.1 Å². The minimum atomic E-state index is -1.65. The van der Waals surface area contributed by atoms with Crippen LogP contribution in [0, 0.1) is 0 Å². The van der Waals surface area contributed by atoms with Crippen LogP contribution in [0.15, 0.2) is 0 Å². The van der Waals surface area contributed by atoms with Gasteiger partial charge in [0.1, 0.15) is 11.2 Å². The number of esters is 1. The van der Waals surface area contributed by atoms with Crippen LogP contribution < -0.4 is 0 Å². The van der Waals surface area contributed by atoms with E-state index in [4.69, 9.17) is 14.2 Å². The molecule has 1 unspecified atom stereocenters. The highest BCUT2D eigenvalue weighted by Gasteiger charge is 2.59. The van der Waals surface area contributed by atoms with Gasteiger partial charge in [-0.15, -0.1) is 0 Å². The Morgan fingerprint density at radius 3 is 2.46 bits per heavy atom. The van der Waals surface area contributed by atoms with Gasteiger partial charge >= 0.3 is 5.97 Å². The predicted molar refractivity (Wildman–Crippen MR) is 85.1 cm³/mol. The van der Waals surface area contributed by atoms with Crippen LogP contribution in [0.4, 0.5) is 0 Å². The van der Waals surface area contributed by atoms with Crippen molar-refractivity contribution >= 4 is 5.97 Å². The minimum absolute atomic E-state index is 0.189. The second-order valence-electron chi connectivity index (χ2n) is 7.87. The van der Waals surface area contributed by atoms with Gasteiger partial charge in [0.25, 0.3) is 0 Å². The molecule has 0 aromatic heterocycles. The lowest BCUT2D eigenvalue weighted by atomic mass is 9.89. The quantitative estimate of drug-likeness (QED) is 0.635. The average molecular weight is 346 g/mol. The Hall–Kier alpha value is -0.730. The molecule has 0 saturated carbocycles. The summed E-state index contributed by atoms with van der Waals surface area (Å²) in [6.45, 7) is 8.37. The molecule has 0 bridgehead atoms. The van der Waals surface area contributed by atoms with E-state index in [1.165, 1.54) is 13.8 Å². The molecule has 2 aliphatic rings. The van der Waals surface area contributed by atoms with Crippen LogP contribution in [0.1, 0.15) is 60.3 Å². The second-order valence-corrected chi connectivity index (χ2v) is 7.87. The van der Waals surface area contributed by atoms with Crippen LogP contribution in [-0.4, -0.2) is 62.7 Å². The van der Waals surface area contributed by atoms with Gasteiger partial charge in [0.2, 0.25) is 0 Å². The van der Waals surface area contributed by atoms with E-state index >= 15 is 0 Å². The molecule has 7 heteroatoms. The molecule has 3 N–H and O–H groups in total. The normalized spacial score (nSPS) is 41.4. The van der Waals surface area contributed by atoms with E-state index in [0.717, 1.165) is 0 Å². The maximum absolute atomic E-state index is 11.8. The fraction of sp³-hybridized carbons (Fsp3) is 0.941.